The van der Waals surface area contributed by atoms with E-state index in [-0.39, 0.29) is 18.0 Å². The molecule has 6 nitrogen and oxygen atoms in total. The maximum Gasteiger partial charge on any atom is 0.317 e. The van der Waals surface area contributed by atoms with E-state index in [0.717, 1.165) is 12.2 Å². The van der Waals surface area contributed by atoms with Gasteiger partial charge in [0.1, 0.15) is 5.75 Å². The molecule has 1 aromatic rings. The highest BCUT2D eigenvalue weighted by Gasteiger charge is 2.28. The van der Waals surface area contributed by atoms with Crippen molar-refractivity contribution in [3.63, 3.8) is 0 Å². The van der Waals surface area contributed by atoms with Crippen molar-refractivity contribution in [3.8, 4) is 5.75 Å². The highest BCUT2D eigenvalue weighted by atomic mass is 16.5. The minimum Gasteiger partial charge on any atom is -0.494 e. The van der Waals surface area contributed by atoms with Gasteiger partial charge < -0.3 is 19.9 Å². The van der Waals surface area contributed by atoms with Gasteiger partial charge in [-0.3, -0.25) is 4.79 Å². The zero-order valence-electron chi connectivity index (χ0n) is 14.7. The number of hydrogen-bond acceptors (Lipinski definition) is 3. The first kappa shape index (κ1) is 18.1. The number of piperazine rings is 1. The van der Waals surface area contributed by atoms with E-state index in [0.29, 0.717) is 32.8 Å². The van der Waals surface area contributed by atoms with Gasteiger partial charge in [0.2, 0.25) is 5.91 Å². The molecule has 0 saturated carbocycles. The number of rotatable bonds is 5. The van der Waals surface area contributed by atoms with Crippen LogP contribution in [0.3, 0.4) is 0 Å². The summed E-state index contributed by atoms with van der Waals surface area (Å²) in [6.45, 7) is 8.49. The van der Waals surface area contributed by atoms with Crippen molar-refractivity contribution in [2.24, 2.45) is 0 Å². The number of aryl methyl sites for hydroxylation is 1. The number of nitrogens with zero attached hydrogens (tertiary/aromatic N) is 2. The Morgan fingerprint density at radius 3 is 2.58 bits per heavy atom. The summed E-state index contributed by atoms with van der Waals surface area (Å²) >= 11 is 0. The molecule has 6 heteroatoms. The second-order valence-corrected chi connectivity index (χ2v) is 6.25. The van der Waals surface area contributed by atoms with Gasteiger partial charge in [-0.1, -0.05) is 17.7 Å². The Labute approximate surface area is 143 Å². The highest BCUT2D eigenvalue weighted by Crippen LogP contribution is 2.12. The Bertz CT molecular complexity index is 559. The molecule has 2 rings (SSSR count). The normalized spacial score (nSPS) is 17.5. The molecule has 24 heavy (non-hydrogen) atoms. The molecule has 1 heterocycles. The number of benzene rings is 1. The largest absolute Gasteiger partial charge is 0.494 e. The summed E-state index contributed by atoms with van der Waals surface area (Å²) in [6.07, 6.45) is 0.751. The topological polar surface area (TPSA) is 61.9 Å². The molecular weight excluding hydrogens is 306 g/mol. The second kappa shape index (κ2) is 8.57. The van der Waals surface area contributed by atoms with Crippen LogP contribution >= 0.6 is 0 Å². The number of ether oxygens (including phenoxy) is 1. The molecule has 1 N–H and O–H groups in total. The molecule has 0 bridgehead atoms. The highest BCUT2D eigenvalue weighted by molar-refractivity contribution is 5.76. The van der Waals surface area contributed by atoms with E-state index in [1.807, 2.05) is 38.1 Å². The summed E-state index contributed by atoms with van der Waals surface area (Å²) in [6, 6.07) is 7.89. The molecule has 1 atom stereocenters. The maximum atomic E-state index is 12.2. The van der Waals surface area contributed by atoms with Crippen LogP contribution in [0.4, 0.5) is 4.79 Å². The van der Waals surface area contributed by atoms with Crippen molar-refractivity contribution in [1.82, 2.24) is 15.1 Å². The SMILES string of the molecule is CC(=O)N1CCN(C(=O)NCCCOc2ccc(C)cc2)[C@H](C)C1. The lowest BCUT2D eigenvalue weighted by molar-refractivity contribution is -0.131. The average Bonchev–Trinajstić information content (AvgIpc) is 2.55. The molecule has 0 radical (unpaired) electrons. The maximum absolute atomic E-state index is 12.2. The molecular formula is C18H27N3O3. The van der Waals surface area contributed by atoms with Crippen molar-refractivity contribution < 1.29 is 14.3 Å². The van der Waals surface area contributed by atoms with Gasteiger partial charge in [0, 0.05) is 39.1 Å². The number of urea groups is 1. The standard InChI is InChI=1S/C18H27N3O3/c1-14-5-7-17(8-6-14)24-12-4-9-19-18(23)21-11-10-20(16(3)22)13-15(21)2/h5-8,15H,4,9-13H2,1-3H3,(H,19,23)/t15-/m1/s1. The average molecular weight is 333 g/mol. The van der Waals surface area contributed by atoms with Gasteiger partial charge >= 0.3 is 6.03 Å². The lowest BCUT2D eigenvalue weighted by Crippen LogP contribution is -2.57. The molecule has 1 aliphatic rings. The summed E-state index contributed by atoms with van der Waals surface area (Å²) in [5.74, 6) is 0.913. The Morgan fingerprint density at radius 2 is 1.96 bits per heavy atom. The molecule has 1 aliphatic heterocycles. The van der Waals surface area contributed by atoms with E-state index in [1.165, 1.54) is 5.56 Å². The number of nitrogens with one attached hydrogen (secondary N) is 1. The third-order valence-corrected chi connectivity index (χ3v) is 4.22. The van der Waals surface area contributed by atoms with Gasteiger partial charge in [0.05, 0.1) is 6.61 Å². The number of hydrogen-bond donors (Lipinski definition) is 1. The minimum absolute atomic E-state index is 0.0338. The van der Waals surface area contributed by atoms with Crippen molar-refractivity contribution in [2.45, 2.75) is 33.2 Å². The van der Waals surface area contributed by atoms with Crippen molar-refractivity contribution in [2.75, 3.05) is 32.8 Å². The quantitative estimate of drug-likeness (QED) is 0.839. The van der Waals surface area contributed by atoms with Crippen molar-refractivity contribution in [1.29, 1.82) is 0 Å². The third-order valence-electron chi connectivity index (χ3n) is 4.22. The lowest BCUT2D eigenvalue weighted by atomic mass is 10.2. The van der Waals surface area contributed by atoms with E-state index in [1.54, 1.807) is 16.7 Å². The monoisotopic (exact) mass is 333 g/mol. The fraction of sp³-hybridized carbons (Fsp3) is 0.556. The number of amides is 3. The molecule has 132 valence electrons. The predicted octanol–water partition coefficient (Wildman–Crippen LogP) is 2.03. The fourth-order valence-electron chi connectivity index (χ4n) is 2.74. The Balaban J connectivity index is 1.64. The first-order valence-electron chi connectivity index (χ1n) is 8.47. The zero-order chi connectivity index (χ0) is 17.5. The van der Waals surface area contributed by atoms with E-state index in [9.17, 15) is 9.59 Å². The summed E-state index contributed by atoms with van der Waals surface area (Å²) in [5.41, 5.74) is 1.20. The molecule has 0 aliphatic carbocycles. The Morgan fingerprint density at radius 1 is 1.25 bits per heavy atom. The van der Waals surface area contributed by atoms with Crippen LogP contribution in [-0.4, -0.2) is 60.6 Å². The summed E-state index contributed by atoms with van der Waals surface area (Å²) in [5, 5.41) is 2.93. The molecule has 1 saturated heterocycles. The molecule has 3 amide bonds. The first-order valence-corrected chi connectivity index (χ1v) is 8.47. The predicted molar refractivity (Wildman–Crippen MR) is 93.1 cm³/mol. The van der Waals surface area contributed by atoms with Gasteiger partial charge in [0.15, 0.2) is 0 Å². The Hall–Kier alpha value is -2.24. The van der Waals surface area contributed by atoms with Gasteiger partial charge in [0.25, 0.3) is 0 Å². The van der Waals surface area contributed by atoms with Gasteiger partial charge in [-0.15, -0.1) is 0 Å². The molecule has 1 fully saturated rings. The summed E-state index contributed by atoms with van der Waals surface area (Å²) < 4.78 is 5.64. The smallest absolute Gasteiger partial charge is 0.317 e. The summed E-state index contributed by atoms with van der Waals surface area (Å²) in [7, 11) is 0. The zero-order valence-corrected chi connectivity index (χ0v) is 14.7. The van der Waals surface area contributed by atoms with Crippen LogP contribution < -0.4 is 10.1 Å². The van der Waals surface area contributed by atoms with Gasteiger partial charge in [-0.05, 0) is 32.4 Å². The minimum atomic E-state index is -0.0685. The van der Waals surface area contributed by atoms with Crippen LogP contribution in [0.5, 0.6) is 5.75 Å². The second-order valence-electron chi connectivity index (χ2n) is 6.25. The first-order chi connectivity index (χ1) is 11.5. The van der Waals surface area contributed by atoms with E-state index < -0.39 is 0 Å². The number of carbonyl (C=O) groups is 2. The molecule has 1 aromatic carbocycles. The van der Waals surface area contributed by atoms with E-state index >= 15 is 0 Å². The molecule has 0 spiro atoms. The van der Waals surface area contributed by atoms with Crippen LogP contribution in [0.2, 0.25) is 0 Å². The lowest BCUT2D eigenvalue weighted by Gasteiger charge is -2.39. The molecule has 0 unspecified atom stereocenters. The van der Waals surface area contributed by atoms with E-state index in [2.05, 4.69) is 5.32 Å². The molecule has 0 aromatic heterocycles. The third kappa shape index (κ3) is 5.15. The van der Waals surface area contributed by atoms with Crippen LogP contribution in [0.15, 0.2) is 24.3 Å². The Kier molecular flexibility index (Phi) is 6.46. The van der Waals surface area contributed by atoms with Crippen LogP contribution in [0, 0.1) is 6.92 Å². The van der Waals surface area contributed by atoms with E-state index in [4.69, 9.17) is 4.74 Å². The van der Waals surface area contributed by atoms with Gasteiger partial charge in [-0.2, -0.15) is 0 Å². The van der Waals surface area contributed by atoms with Crippen LogP contribution in [-0.2, 0) is 4.79 Å². The fourth-order valence-corrected chi connectivity index (χ4v) is 2.74. The van der Waals surface area contributed by atoms with Crippen LogP contribution in [0.1, 0.15) is 25.8 Å². The van der Waals surface area contributed by atoms with Crippen molar-refractivity contribution >= 4 is 11.9 Å². The van der Waals surface area contributed by atoms with Crippen molar-refractivity contribution in [3.05, 3.63) is 29.8 Å². The summed E-state index contributed by atoms with van der Waals surface area (Å²) in [4.78, 5) is 27.2. The number of carbonyl (C=O) groups excluding carboxylic acids is 2. The van der Waals surface area contributed by atoms with Crippen LogP contribution in [0.25, 0.3) is 0 Å². The van der Waals surface area contributed by atoms with Gasteiger partial charge in [-0.25, -0.2) is 4.79 Å².